The lowest BCUT2D eigenvalue weighted by Crippen LogP contribution is -2.46. The van der Waals surface area contributed by atoms with Crippen LogP contribution in [0.1, 0.15) is 33.1 Å². The Hall–Kier alpha value is -0.160. The van der Waals surface area contributed by atoms with E-state index in [1.165, 1.54) is 16.7 Å². The Kier molecular flexibility index (Phi) is 5.18. The molecule has 1 heterocycles. The first kappa shape index (κ1) is 13.9. The van der Waals surface area contributed by atoms with E-state index in [1.54, 1.807) is 0 Å². The minimum Gasteiger partial charge on any atom is -0.274 e. The number of rotatable bonds is 5. The van der Waals surface area contributed by atoms with Gasteiger partial charge < -0.3 is 0 Å². The molecule has 0 radical (unpaired) electrons. The molecule has 0 spiro atoms. The Morgan fingerprint density at radius 2 is 2.00 bits per heavy atom. The number of carbonyl (C=O) groups is 2. The van der Waals surface area contributed by atoms with E-state index in [9.17, 15) is 9.59 Å². The maximum absolute atomic E-state index is 11.7. The molecule has 0 aromatic carbocycles. The van der Waals surface area contributed by atoms with Gasteiger partial charge in [-0.2, -0.15) is 12.6 Å². The molecule has 0 unspecified atom stereocenters. The van der Waals surface area contributed by atoms with E-state index in [0.717, 1.165) is 12.8 Å². The first-order chi connectivity index (χ1) is 7.58. The molecule has 0 aliphatic carbocycles. The van der Waals surface area contributed by atoms with Crippen molar-refractivity contribution < 1.29 is 9.59 Å². The van der Waals surface area contributed by atoms with Gasteiger partial charge in [0.25, 0.3) is 5.24 Å². The third-order valence-electron chi connectivity index (χ3n) is 3.39. The molecular formula is C11H19NO2S2. The van der Waals surface area contributed by atoms with Gasteiger partial charge in [-0.05, 0) is 24.0 Å². The van der Waals surface area contributed by atoms with Crippen molar-refractivity contribution in [1.29, 1.82) is 0 Å². The van der Waals surface area contributed by atoms with Crippen LogP contribution >= 0.6 is 24.4 Å². The molecule has 1 rings (SSSR count). The fourth-order valence-electron chi connectivity index (χ4n) is 1.78. The van der Waals surface area contributed by atoms with E-state index in [0.29, 0.717) is 24.5 Å². The van der Waals surface area contributed by atoms with E-state index in [-0.39, 0.29) is 16.6 Å². The molecule has 1 fully saturated rings. The van der Waals surface area contributed by atoms with Gasteiger partial charge >= 0.3 is 0 Å². The Bertz CT molecular complexity index is 253. The van der Waals surface area contributed by atoms with E-state index in [4.69, 9.17) is 0 Å². The second-order valence-corrected chi connectivity index (χ2v) is 5.57. The number of thiol groups is 1. The van der Waals surface area contributed by atoms with Crippen molar-refractivity contribution in [2.24, 2.45) is 5.41 Å². The highest BCUT2D eigenvalue weighted by molar-refractivity contribution is 8.13. The monoisotopic (exact) mass is 261 g/mol. The van der Waals surface area contributed by atoms with Crippen LogP contribution in [0.5, 0.6) is 0 Å². The Morgan fingerprint density at radius 3 is 2.44 bits per heavy atom. The number of thioether (sulfide) groups is 1. The van der Waals surface area contributed by atoms with Crippen molar-refractivity contribution >= 4 is 35.5 Å². The highest BCUT2D eigenvalue weighted by Gasteiger charge is 2.34. The third-order valence-corrected chi connectivity index (χ3v) is 4.94. The molecule has 3 nitrogen and oxygen atoms in total. The van der Waals surface area contributed by atoms with Crippen LogP contribution in [0.4, 0.5) is 4.79 Å². The molecule has 2 amide bonds. The number of hydrogen-bond donors (Lipinski definition) is 1. The summed E-state index contributed by atoms with van der Waals surface area (Å²) in [5, 5.41) is -0.0932. The van der Waals surface area contributed by atoms with Gasteiger partial charge in [0.15, 0.2) is 0 Å². The molecule has 0 atom stereocenters. The molecule has 92 valence electrons. The molecule has 1 aliphatic rings. The van der Waals surface area contributed by atoms with Crippen LogP contribution in [0.25, 0.3) is 0 Å². The second-order valence-electron chi connectivity index (χ2n) is 4.21. The third kappa shape index (κ3) is 2.94. The van der Waals surface area contributed by atoms with Crippen LogP contribution in [0.15, 0.2) is 0 Å². The quantitative estimate of drug-likeness (QED) is 0.773. The molecule has 0 aromatic rings. The molecule has 0 aromatic heterocycles. The summed E-state index contributed by atoms with van der Waals surface area (Å²) in [6.07, 6.45) is 2.36. The van der Waals surface area contributed by atoms with Gasteiger partial charge in [0.1, 0.15) is 0 Å². The Labute approximate surface area is 107 Å². The number of imide groups is 1. The van der Waals surface area contributed by atoms with Crippen LogP contribution in [0.2, 0.25) is 0 Å². The highest BCUT2D eigenvalue weighted by Crippen LogP contribution is 2.31. The maximum atomic E-state index is 11.7. The van der Waals surface area contributed by atoms with Gasteiger partial charge in [-0.15, -0.1) is 0 Å². The summed E-state index contributed by atoms with van der Waals surface area (Å²) in [6, 6.07) is 0. The summed E-state index contributed by atoms with van der Waals surface area (Å²) >= 11 is 5.61. The predicted molar refractivity (Wildman–Crippen MR) is 71.1 cm³/mol. The summed E-state index contributed by atoms with van der Waals surface area (Å²) in [5.41, 5.74) is -0.0215. The average molecular weight is 261 g/mol. The van der Waals surface area contributed by atoms with Gasteiger partial charge in [-0.3, -0.25) is 14.5 Å². The first-order valence-corrected chi connectivity index (χ1v) is 7.28. The van der Waals surface area contributed by atoms with Crippen LogP contribution in [-0.4, -0.2) is 34.1 Å². The first-order valence-electron chi connectivity index (χ1n) is 5.66. The summed E-state index contributed by atoms with van der Waals surface area (Å²) in [4.78, 5) is 24.8. The van der Waals surface area contributed by atoms with Gasteiger partial charge in [0, 0.05) is 18.7 Å². The zero-order chi connectivity index (χ0) is 12.2. The molecule has 5 heteroatoms. The highest BCUT2D eigenvalue weighted by atomic mass is 32.2. The van der Waals surface area contributed by atoms with Crippen LogP contribution < -0.4 is 0 Å². The topological polar surface area (TPSA) is 37.4 Å². The van der Waals surface area contributed by atoms with Crippen molar-refractivity contribution in [1.82, 2.24) is 4.90 Å². The fourth-order valence-corrected chi connectivity index (χ4v) is 3.10. The molecule has 16 heavy (non-hydrogen) atoms. The zero-order valence-corrected chi connectivity index (χ0v) is 11.6. The van der Waals surface area contributed by atoms with Gasteiger partial charge in [-0.1, -0.05) is 25.6 Å². The molecule has 1 saturated heterocycles. The Balaban J connectivity index is 2.76. The Morgan fingerprint density at radius 1 is 1.38 bits per heavy atom. The predicted octanol–water partition coefficient (Wildman–Crippen LogP) is 2.81. The number of hydrogen-bond acceptors (Lipinski definition) is 4. The summed E-state index contributed by atoms with van der Waals surface area (Å²) < 4.78 is 0. The van der Waals surface area contributed by atoms with Crippen molar-refractivity contribution in [2.75, 3.05) is 18.1 Å². The number of nitrogens with zero attached hydrogens (tertiary/aromatic N) is 1. The molecule has 0 bridgehead atoms. The van der Waals surface area contributed by atoms with Crippen LogP contribution in [-0.2, 0) is 4.79 Å². The fraction of sp³-hybridized carbons (Fsp3) is 0.818. The van der Waals surface area contributed by atoms with Gasteiger partial charge in [0.2, 0.25) is 5.91 Å². The molecule has 0 saturated carbocycles. The van der Waals surface area contributed by atoms with Crippen molar-refractivity contribution in [2.45, 2.75) is 33.1 Å². The summed E-state index contributed by atoms with van der Waals surface area (Å²) in [6.45, 7) is 4.70. The number of carbonyl (C=O) groups excluding carboxylic acids is 2. The van der Waals surface area contributed by atoms with Crippen LogP contribution in [0, 0.1) is 5.41 Å². The minimum atomic E-state index is -0.0932. The van der Waals surface area contributed by atoms with Gasteiger partial charge in [0.05, 0.1) is 0 Å². The molecule has 1 aliphatic heterocycles. The van der Waals surface area contributed by atoms with E-state index in [1.807, 2.05) is 0 Å². The lowest BCUT2D eigenvalue weighted by molar-refractivity contribution is -0.128. The molecule has 0 N–H and O–H groups in total. The normalized spacial score (nSPS) is 18.1. The van der Waals surface area contributed by atoms with E-state index >= 15 is 0 Å². The number of amides is 2. The maximum Gasteiger partial charge on any atom is 0.288 e. The van der Waals surface area contributed by atoms with Crippen molar-refractivity contribution in [3.05, 3.63) is 0 Å². The van der Waals surface area contributed by atoms with Crippen molar-refractivity contribution in [3.8, 4) is 0 Å². The summed E-state index contributed by atoms with van der Waals surface area (Å²) in [5.74, 6) is 1.30. The lowest BCUT2D eigenvalue weighted by atomic mass is 9.84. The van der Waals surface area contributed by atoms with E-state index in [2.05, 4.69) is 26.5 Å². The average Bonchev–Trinajstić information content (AvgIpc) is 2.30. The van der Waals surface area contributed by atoms with Crippen molar-refractivity contribution in [3.63, 3.8) is 0 Å². The smallest absolute Gasteiger partial charge is 0.274 e. The largest absolute Gasteiger partial charge is 0.288 e. The summed E-state index contributed by atoms with van der Waals surface area (Å²) in [7, 11) is 0. The minimum absolute atomic E-state index is 0.0215. The zero-order valence-electron chi connectivity index (χ0n) is 9.86. The lowest BCUT2D eigenvalue weighted by Gasteiger charge is -2.36. The van der Waals surface area contributed by atoms with Crippen LogP contribution in [0.3, 0.4) is 0 Å². The van der Waals surface area contributed by atoms with Gasteiger partial charge in [-0.25, -0.2) is 0 Å². The second kappa shape index (κ2) is 5.96. The standard InChI is InChI=1S/C11H19NO2S2/c1-3-11(4-2,8-15)7-12-9(13)5-6-16-10(12)14/h15H,3-8H2,1-2H3. The molecular weight excluding hydrogens is 242 g/mol. The van der Waals surface area contributed by atoms with E-state index < -0.39 is 0 Å². The SMILES string of the molecule is CCC(CC)(CS)CN1C(=O)CCSC1=O.